The second-order valence-electron chi connectivity index (χ2n) is 9.55. The quantitative estimate of drug-likeness (QED) is 0.554. The van der Waals surface area contributed by atoms with Crippen molar-refractivity contribution in [2.24, 2.45) is 0 Å². The lowest BCUT2D eigenvalue weighted by Crippen LogP contribution is -2.49. The molecule has 9 nitrogen and oxygen atoms in total. The van der Waals surface area contributed by atoms with Gasteiger partial charge in [-0.2, -0.15) is 15.2 Å². The summed E-state index contributed by atoms with van der Waals surface area (Å²) in [5.41, 5.74) is 6.10. The molecule has 2 aromatic rings. The van der Waals surface area contributed by atoms with Crippen LogP contribution in [0.15, 0.2) is 30.4 Å². The summed E-state index contributed by atoms with van der Waals surface area (Å²) in [5, 5.41) is 7.32. The number of likely N-dealkylation sites (N-methyl/N-ethyl adjacent to an activating group) is 1. The first-order valence-electron chi connectivity index (χ1n) is 12.7. The van der Waals surface area contributed by atoms with Gasteiger partial charge in [0.05, 0.1) is 25.4 Å². The van der Waals surface area contributed by atoms with Crippen LogP contribution in [0.2, 0.25) is 0 Å². The highest BCUT2D eigenvalue weighted by Gasteiger charge is 2.28. The molecule has 1 aromatic heterocycles. The number of hydrogen-bond acceptors (Lipinski definition) is 8. The number of carbonyl (C=O) groups is 1. The first kappa shape index (κ1) is 27.9. The molecule has 0 radical (unpaired) electrons. The molecule has 1 aromatic carbocycles. The van der Waals surface area contributed by atoms with Gasteiger partial charge in [-0.25, -0.2) is 0 Å². The Balaban J connectivity index is 0.00000121. The maximum Gasteiger partial charge on any atom is 0.318 e. The molecule has 2 aliphatic heterocycles. The van der Waals surface area contributed by atoms with Gasteiger partial charge < -0.3 is 24.3 Å². The van der Waals surface area contributed by atoms with E-state index in [1.54, 1.807) is 19.3 Å². The Hall–Kier alpha value is -3.64. The van der Waals surface area contributed by atoms with Crippen molar-refractivity contribution in [2.45, 2.75) is 33.7 Å². The molecular weight excluding hydrogens is 466 g/mol. The number of aryl methyl sites for hydroxylation is 1. The van der Waals surface area contributed by atoms with Crippen molar-refractivity contribution in [3.8, 4) is 12.1 Å². The summed E-state index contributed by atoms with van der Waals surface area (Å²) < 4.78 is 5.47. The van der Waals surface area contributed by atoms with Crippen LogP contribution in [-0.2, 0) is 17.8 Å². The molecule has 0 aliphatic carbocycles. The molecule has 0 atom stereocenters. The number of carbonyl (C=O) groups excluding carboxylic acids is 1. The fourth-order valence-electron chi connectivity index (χ4n) is 4.63. The highest BCUT2D eigenvalue weighted by atomic mass is 16.5. The topological polar surface area (TPSA) is 88.8 Å². The lowest BCUT2D eigenvalue weighted by molar-refractivity contribution is -0.126. The molecule has 4 rings (SSSR count). The van der Waals surface area contributed by atoms with Crippen LogP contribution in [0.4, 0.5) is 11.5 Å². The van der Waals surface area contributed by atoms with E-state index < -0.39 is 0 Å². The number of nitriles is 1. The minimum absolute atomic E-state index is 0.0768. The van der Waals surface area contributed by atoms with E-state index in [-0.39, 0.29) is 5.91 Å². The van der Waals surface area contributed by atoms with Crippen LogP contribution in [-0.4, -0.2) is 86.1 Å². The number of nitrogens with zero attached hydrogens (tertiary/aromatic N) is 7. The Morgan fingerprint density at radius 1 is 1.14 bits per heavy atom. The van der Waals surface area contributed by atoms with Crippen molar-refractivity contribution < 1.29 is 9.53 Å². The Kier molecular flexibility index (Phi) is 9.86. The van der Waals surface area contributed by atoms with E-state index in [4.69, 9.17) is 20.0 Å². The summed E-state index contributed by atoms with van der Waals surface area (Å²) in [7, 11) is 5.60. The SMILES string of the molecule is CC#N.COc1nc2c(c(N3CCN(C(=O)/C=C/CN(C)C)CC3)n1)CCN(c1cccc(C)c1C)C2. The number of methoxy groups -OCH3 is 1. The van der Waals surface area contributed by atoms with Crippen molar-refractivity contribution in [1.82, 2.24) is 19.8 Å². The standard InChI is InChI=1S/C26H36N6O2.C2H3N/c1-19-8-6-9-23(20(19)2)32-13-11-21-22(18-32)27-26(34-5)28-25(21)31-16-14-30(15-17-31)24(33)10-7-12-29(3)4;1-2-3/h6-10H,11-18H2,1-5H3;1H3/b10-7+;. The third-order valence-electron chi connectivity index (χ3n) is 6.74. The summed E-state index contributed by atoms with van der Waals surface area (Å²) in [6.07, 6.45) is 4.49. The van der Waals surface area contributed by atoms with Gasteiger partial charge in [0.15, 0.2) is 0 Å². The predicted octanol–water partition coefficient (Wildman–Crippen LogP) is 2.96. The molecular formula is C28H39N7O2. The molecule has 2 aliphatic rings. The minimum Gasteiger partial charge on any atom is -0.467 e. The van der Waals surface area contributed by atoms with Crippen molar-refractivity contribution in [1.29, 1.82) is 5.26 Å². The monoisotopic (exact) mass is 505 g/mol. The maximum atomic E-state index is 12.5. The Morgan fingerprint density at radius 3 is 2.49 bits per heavy atom. The summed E-state index contributed by atoms with van der Waals surface area (Å²) in [4.78, 5) is 30.6. The van der Waals surface area contributed by atoms with Gasteiger partial charge >= 0.3 is 6.01 Å². The summed E-state index contributed by atoms with van der Waals surface area (Å²) >= 11 is 0. The molecule has 0 unspecified atom stereocenters. The number of hydrogen-bond donors (Lipinski definition) is 0. The zero-order chi connectivity index (χ0) is 26.9. The van der Waals surface area contributed by atoms with E-state index in [1.807, 2.05) is 30.0 Å². The lowest BCUT2D eigenvalue weighted by Gasteiger charge is -2.38. The molecule has 1 fully saturated rings. The number of amides is 1. The van der Waals surface area contributed by atoms with Crippen LogP contribution in [0, 0.1) is 25.2 Å². The molecule has 0 N–H and O–H groups in total. The van der Waals surface area contributed by atoms with Crippen LogP contribution in [0.25, 0.3) is 0 Å². The number of piperazine rings is 1. The van der Waals surface area contributed by atoms with Crippen LogP contribution < -0.4 is 14.5 Å². The average molecular weight is 506 g/mol. The number of rotatable bonds is 6. The van der Waals surface area contributed by atoms with Gasteiger partial charge in [0, 0.05) is 63.5 Å². The van der Waals surface area contributed by atoms with E-state index in [0.717, 1.165) is 50.7 Å². The second-order valence-corrected chi connectivity index (χ2v) is 9.55. The highest BCUT2D eigenvalue weighted by Crippen LogP contribution is 2.33. The molecule has 1 saturated heterocycles. The molecule has 0 spiro atoms. The van der Waals surface area contributed by atoms with Gasteiger partial charge in [-0.1, -0.05) is 18.2 Å². The van der Waals surface area contributed by atoms with Gasteiger partial charge in [0.2, 0.25) is 5.91 Å². The van der Waals surface area contributed by atoms with Gasteiger partial charge in [-0.3, -0.25) is 4.79 Å². The van der Waals surface area contributed by atoms with E-state index in [2.05, 4.69) is 41.8 Å². The van der Waals surface area contributed by atoms with Crippen LogP contribution in [0.1, 0.15) is 29.3 Å². The van der Waals surface area contributed by atoms with Crippen molar-refractivity contribution >= 4 is 17.4 Å². The van der Waals surface area contributed by atoms with E-state index >= 15 is 0 Å². The smallest absolute Gasteiger partial charge is 0.318 e. The fraction of sp³-hybridized carbons (Fsp3) is 0.500. The summed E-state index contributed by atoms with van der Waals surface area (Å²) in [6, 6.07) is 8.62. The summed E-state index contributed by atoms with van der Waals surface area (Å²) in [6.45, 7) is 11.1. The number of aromatic nitrogens is 2. The lowest BCUT2D eigenvalue weighted by atomic mass is 10.0. The molecule has 3 heterocycles. The molecule has 9 heteroatoms. The third kappa shape index (κ3) is 6.98. The number of anilines is 2. The van der Waals surface area contributed by atoms with E-state index in [0.29, 0.717) is 19.1 Å². The van der Waals surface area contributed by atoms with Gasteiger partial charge in [-0.15, -0.1) is 0 Å². The molecule has 1 amide bonds. The number of ether oxygens (including phenoxy) is 1. The van der Waals surface area contributed by atoms with E-state index in [1.165, 1.54) is 29.3 Å². The highest BCUT2D eigenvalue weighted by molar-refractivity contribution is 5.87. The maximum absolute atomic E-state index is 12.5. The molecule has 0 bridgehead atoms. The third-order valence-corrected chi connectivity index (χ3v) is 6.74. The normalized spacial score (nSPS) is 15.2. The first-order chi connectivity index (χ1) is 17.8. The number of benzene rings is 1. The van der Waals surface area contributed by atoms with E-state index in [9.17, 15) is 4.79 Å². The van der Waals surface area contributed by atoms with Crippen LogP contribution >= 0.6 is 0 Å². The molecule has 0 saturated carbocycles. The Bertz CT molecular complexity index is 1150. The minimum atomic E-state index is 0.0768. The average Bonchev–Trinajstić information content (AvgIpc) is 2.89. The fourth-order valence-corrected chi connectivity index (χ4v) is 4.63. The number of fused-ring (bicyclic) bond motifs is 1. The van der Waals surface area contributed by atoms with Gasteiger partial charge in [0.25, 0.3) is 0 Å². The molecule has 37 heavy (non-hydrogen) atoms. The van der Waals surface area contributed by atoms with Crippen molar-refractivity contribution in [3.05, 3.63) is 52.7 Å². The Morgan fingerprint density at radius 2 is 1.84 bits per heavy atom. The second kappa shape index (κ2) is 13.1. The van der Waals surface area contributed by atoms with Gasteiger partial charge in [0.1, 0.15) is 5.82 Å². The van der Waals surface area contributed by atoms with Crippen molar-refractivity contribution in [2.75, 3.05) is 70.3 Å². The zero-order valence-electron chi connectivity index (χ0n) is 23.0. The van der Waals surface area contributed by atoms with Crippen molar-refractivity contribution in [3.63, 3.8) is 0 Å². The molecule has 198 valence electrons. The predicted molar refractivity (Wildman–Crippen MR) is 147 cm³/mol. The first-order valence-corrected chi connectivity index (χ1v) is 12.7. The van der Waals surface area contributed by atoms with Gasteiger partial charge in [-0.05, 0) is 51.6 Å². The summed E-state index contributed by atoms with van der Waals surface area (Å²) in [5.74, 6) is 1.03. The Labute approximate surface area is 221 Å². The zero-order valence-corrected chi connectivity index (χ0v) is 23.0. The van der Waals surface area contributed by atoms with Crippen LogP contribution in [0.5, 0.6) is 6.01 Å². The largest absolute Gasteiger partial charge is 0.467 e. The van der Waals surface area contributed by atoms with Crippen LogP contribution in [0.3, 0.4) is 0 Å².